The Hall–Kier alpha value is -2.16. The van der Waals surface area contributed by atoms with Crippen molar-refractivity contribution < 1.29 is 4.43 Å². The molecule has 0 saturated heterocycles. The van der Waals surface area contributed by atoms with Gasteiger partial charge < -0.3 is 4.43 Å². The summed E-state index contributed by atoms with van der Waals surface area (Å²) in [6.45, 7) is 12.2. The molecule has 1 nitrogen and oxygen atoms in total. The Labute approximate surface area is 177 Å². The maximum absolute atomic E-state index is 7.06. The predicted molar refractivity (Wildman–Crippen MR) is 128 cm³/mol. The molecular weight excluding hydrogens is 368 g/mol. The monoisotopic (exact) mass is 402 g/mol. The van der Waals surface area contributed by atoms with Crippen molar-refractivity contribution >= 4 is 18.7 Å². The minimum Gasteiger partial charge on any atom is -0.407 e. The number of hydrogen-bond donors (Lipinski definition) is 0. The Morgan fingerprint density at radius 2 is 1.24 bits per heavy atom. The molecule has 0 N–H and O–H groups in total. The Balaban J connectivity index is 1.92. The van der Waals surface area contributed by atoms with Crippen LogP contribution >= 0.6 is 0 Å². The van der Waals surface area contributed by atoms with Crippen LogP contribution in [0.3, 0.4) is 0 Å². The van der Waals surface area contributed by atoms with Gasteiger partial charge in [0.1, 0.15) is 0 Å². The highest BCUT2D eigenvalue weighted by Gasteiger charge is 2.50. The molecule has 0 bridgehead atoms. The molecule has 1 atom stereocenters. The van der Waals surface area contributed by atoms with Crippen LogP contribution in [-0.2, 0) is 10.8 Å². The minimum absolute atomic E-state index is 0.0271. The van der Waals surface area contributed by atoms with Crippen LogP contribution in [0.5, 0.6) is 0 Å². The molecular formula is C27H34OSi. The van der Waals surface area contributed by atoms with Crippen molar-refractivity contribution in [2.24, 2.45) is 5.92 Å². The molecule has 0 aliphatic carbocycles. The molecule has 3 aromatic rings. The highest BCUT2D eigenvalue weighted by atomic mass is 28.4. The second kappa shape index (κ2) is 9.11. The van der Waals surface area contributed by atoms with Crippen molar-refractivity contribution in [3.8, 4) is 0 Å². The molecule has 0 heterocycles. The molecule has 0 aliphatic heterocycles. The van der Waals surface area contributed by atoms with Crippen LogP contribution in [0.15, 0.2) is 84.9 Å². The first-order valence-electron chi connectivity index (χ1n) is 10.6. The van der Waals surface area contributed by atoms with E-state index in [9.17, 15) is 0 Å². The van der Waals surface area contributed by atoms with Crippen molar-refractivity contribution in [3.63, 3.8) is 0 Å². The van der Waals surface area contributed by atoms with Crippen molar-refractivity contribution in [1.29, 1.82) is 0 Å². The smallest absolute Gasteiger partial charge is 0.261 e. The molecule has 0 saturated carbocycles. The van der Waals surface area contributed by atoms with Gasteiger partial charge in [-0.05, 0) is 40.2 Å². The number of aryl methyl sites for hydroxylation is 1. The zero-order valence-electron chi connectivity index (χ0n) is 18.5. The van der Waals surface area contributed by atoms with Crippen LogP contribution in [0.1, 0.15) is 38.8 Å². The zero-order valence-corrected chi connectivity index (χ0v) is 19.5. The third kappa shape index (κ3) is 4.88. The first-order chi connectivity index (χ1) is 13.8. The van der Waals surface area contributed by atoms with E-state index >= 15 is 0 Å². The molecule has 0 aliphatic rings. The van der Waals surface area contributed by atoms with Crippen molar-refractivity contribution in [2.75, 3.05) is 6.61 Å². The highest BCUT2D eigenvalue weighted by molar-refractivity contribution is 6.99. The molecule has 2 heteroatoms. The molecule has 0 amide bonds. The van der Waals surface area contributed by atoms with Gasteiger partial charge in [0.05, 0.1) is 0 Å². The molecule has 0 unspecified atom stereocenters. The summed E-state index contributed by atoms with van der Waals surface area (Å²) in [7, 11) is -2.44. The van der Waals surface area contributed by atoms with Crippen LogP contribution in [-0.4, -0.2) is 14.9 Å². The fourth-order valence-electron chi connectivity index (χ4n) is 4.21. The first-order valence-corrected chi connectivity index (χ1v) is 12.5. The lowest BCUT2D eigenvalue weighted by atomic mass is 10.0. The lowest BCUT2D eigenvalue weighted by molar-refractivity contribution is 0.244. The average molecular weight is 403 g/mol. The molecule has 3 rings (SSSR count). The third-order valence-electron chi connectivity index (χ3n) is 5.71. The van der Waals surface area contributed by atoms with Crippen LogP contribution in [0.4, 0.5) is 0 Å². The standard InChI is InChI=1S/C27H34OSi/c1-22-16-18-24(19-17-22)20-23(2)21-28-29(27(3,4)5,25-12-8-6-9-13-25)26-14-10-7-11-15-26/h6-19,23H,20-21H2,1-5H3/t23-/m1/s1. The van der Waals surface area contributed by atoms with E-state index in [1.807, 2.05) is 0 Å². The van der Waals surface area contributed by atoms with E-state index in [0.717, 1.165) is 13.0 Å². The van der Waals surface area contributed by atoms with E-state index in [0.29, 0.717) is 5.92 Å². The van der Waals surface area contributed by atoms with E-state index < -0.39 is 8.32 Å². The van der Waals surface area contributed by atoms with Gasteiger partial charge in [0.2, 0.25) is 0 Å². The molecule has 0 spiro atoms. The fraction of sp³-hybridized carbons (Fsp3) is 0.333. The largest absolute Gasteiger partial charge is 0.407 e. The fourth-order valence-corrected chi connectivity index (χ4v) is 8.90. The Kier molecular flexibility index (Phi) is 6.76. The maximum atomic E-state index is 7.06. The van der Waals surface area contributed by atoms with Gasteiger partial charge >= 0.3 is 0 Å². The average Bonchev–Trinajstić information content (AvgIpc) is 2.71. The summed E-state index contributed by atoms with van der Waals surface area (Å²) in [6, 6.07) is 30.7. The van der Waals surface area contributed by atoms with E-state index in [4.69, 9.17) is 4.43 Å². The topological polar surface area (TPSA) is 9.23 Å². The highest BCUT2D eigenvalue weighted by Crippen LogP contribution is 2.37. The van der Waals surface area contributed by atoms with Crippen molar-refractivity contribution in [1.82, 2.24) is 0 Å². The van der Waals surface area contributed by atoms with E-state index in [2.05, 4.69) is 120 Å². The summed E-state index contributed by atoms with van der Waals surface area (Å²) in [5.74, 6) is 0.458. The Morgan fingerprint density at radius 1 is 0.759 bits per heavy atom. The summed E-state index contributed by atoms with van der Waals surface area (Å²) in [5.41, 5.74) is 2.69. The molecule has 0 aromatic heterocycles. The number of benzene rings is 3. The van der Waals surface area contributed by atoms with Gasteiger partial charge in [0, 0.05) is 6.61 Å². The van der Waals surface area contributed by atoms with Gasteiger partial charge in [-0.15, -0.1) is 0 Å². The number of hydrogen-bond acceptors (Lipinski definition) is 1. The van der Waals surface area contributed by atoms with Crippen LogP contribution in [0.2, 0.25) is 5.04 Å². The van der Waals surface area contributed by atoms with E-state index in [1.54, 1.807) is 0 Å². The quantitative estimate of drug-likeness (QED) is 0.457. The first kappa shape index (κ1) is 21.5. The van der Waals surface area contributed by atoms with Crippen LogP contribution < -0.4 is 10.4 Å². The minimum atomic E-state index is -2.44. The Bertz CT molecular complexity index is 840. The van der Waals surface area contributed by atoms with Gasteiger partial charge in [0.15, 0.2) is 0 Å². The van der Waals surface area contributed by atoms with Crippen LogP contribution in [0.25, 0.3) is 0 Å². The lowest BCUT2D eigenvalue weighted by Crippen LogP contribution is -2.66. The normalized spacial score (nSPS) is 13.3. The van der Waals surface area contributed by atoms with Gasteiger partial charge in [-0.3, -0.25) is 0 Å². The second-order valence-electron chi connectivity index (χ2n) is 9.27. The maximum Gasteiger partial charge on any atom is 0.261 e. The van der Waals surface area contributed by atoms with Gasteiger partial charge in [-0.2, -0.15) is 0 Å². The van der Waals surface area contributed by atoms with Gasteiger partial charge in [-0.25, -0.2) is 0 Å². The van der Waals surface area contributed by atoms with Crippen molar-refractivity contribution in [3.05, 3.63) is 96.1 Å². The Morgan fingerprint density at radius 3 is 1.69 bits per heavy atom. The summed E-state index contributed by atoms with van der Waals surface area (Å²) >= 11 is 0. The van der Waals surface area contributed by atoms with Crippen molar-refractivity contribution in [2.45, 2.75) is 46.1 Å². The van der Waals surface area contributed by atoms with Crippen LogP contribution in [0, 0.1) is 12.8 Å². The molecule has 29 heavy (non-hydrogen) atoms. The molecule has 0 fully saturated rings. The SMILES string of the molecule is Cc1ccc(C[C@@H](C)CO[Si](c2ccccc2)(c2ccccc2)C(C)(C)C)cc1. The van der Waals surface area contributed by atoms with E-state index in [-0.39, 0.29) is 5.04 Å². The van der Waals surface area contributed by atoms with Gasteiger partial charge in [0.25, 0.3) is 8.32 Å². The lowest BCUT2D eigenvalue weighted by Gasteiger charge is -2.43. The zero-order chi connectivity index (χ0) is 20.9. The second-order valence-corrected chi connectivity index (χ2v) is 13.6. The summed E-state index contributed by atoms with van der Waals surface area (Å²) < 4.78 is 7.06. The number of rotatable bonds is 7. The summed E-state index contributed by atoms with van der Waals surface area (Å²) in [5, 5.41) is 2.72. The van der Waals surface area contributed by atoms with E-state index in [1.165, 1.54) is 21.5 Å². The summed E-state index contributed by atoms with van der Waals surface area (Å²) in [6.07, 6.45) is 1.04. The molecule has 3 aromatic carbocycles. The third-order valence-corrected chi connectivity index (χ3v) is 10.7. The predicted octanol–water partition coefficient (Wildman–Crippen LogP) is 5.75. The molecule has 152 valence electrons. The van der Waals surface area contributed by atoms with Gasteiger partial charge in [-0.1, -0.05) is 118 Å². The molecule has 0 radical (unpaired) electrons. The summed E-state index contributed by atoms with van der Waals surface area (Å²) in [4.78, 5) is 0.